The molecule has 0 radical (unpaired) electrons. The predicted molar refractivity (Wildman–Crippen MR) is 90.5 cm³/mol. The van der Waals surface area contributed by atoms with Crippen LogP contribution < -0.4 is 10.6 Å². The summed E-state index contributed by atoms with van der Waals surface area (Å²) in [4.78, 5) is 14.5. The maximum absolute atomic E-state index is 12.2. The summed E-state index contributed by atoms with van der Waals surface area (Å²) in [6.07, 6.45) is 2.16. The highest BCUT2D eigenvalue weighted by Gasteiger charge is 2.27. The van der Waals surface area contributed by atoms with Gasteiger partial charge in [0.05, 0.1) is 6.54 Å². The zero-order valence-corrected chi connectivity index (χ0v) is 14.3. The third-order valence-electron chi connectivity index (χ3n) is 4.05. The lowest BCUT2D eigenvalue weighted by Gasteiger charge is -2.39. The van der Waals surface area contributed by atoms with Crippen molar-refractivity contribution in [1.29, 1.82) is 0 Å². The maximum atomic E-state index is 12.2. The van der Waals surface area contributed by atoms with Crippen LogP contribution in [-0.2, 0) is 4.79 Å². The molecule has 0 aromatic heterocycles. The van der Waals surface area contributed by atoms with Crippen LogP contribution in [0.25, 0.3) is 0 Å². The molecule has 0 aliphatic carbocycles. The molecule has 2 rings (SSSR count). The van der Waals surface area contributed by atoms with Crippen molar-refractivity contribution in [1.82, 2.24) is 10.2 Å². The van der Waals surface area contributed by atoms with Crippen molar-refractivity contribution in [2.75, 3.05) is 25.0 Å². The van der Waals surface area contributed by atoms with E-state index in [0.717, 1.165) is 36.1 Å². The fourth-order valence-corrected chi connectivity index (χ4v) is 2.98. The van der Waals surface area contributed by atoms with E-state index >= 15 is 0 Å². The summed E-state index contributed by atoms with van der Waals surface area (Å²) in [5.41, 5.74) is 0.846. The van der Waals surface area contributed by atoms with Gasteiger partial charge in [-0.25, -0.2) is 0 Å². The standard InChI is InChI=1S/C16H24BrN3O/c1-3-13-10-20(15(4-2)9-18-13)11-16(21)19-14-7-5-12(17)6-8-14/h5-8,13,15,18H,3-4,9-11H2,1-2H3,(H,19,21). The molecule has 4 nitrogen and oxygen atoms in total. The molecule has 1 amide bonds. The molecule has 1 heterocycles. The monoisotopic (exact) mass is 353 g/mol. The van der Waals surface area contributed by atoms with Gasteiger partial charge in [-0.15, -0.1) is 0 Å². The van der Waals surface area contributed by atoms with Gasteiger partial charge in [0.25, 0.3) is 0 Å². The minimum atomic E-state index is 0.0625. The van der Waals surface area contributed by atoms with Crippen LogP contribution in [0.4, 0.5) is 5.69 Å². The first-order chi connectivity index (χ1) is 10.1. The summed E-state index contributed by atoms with van der Waals surface area (Å²) >= 11 is 3.40. The number of benzene rings is 1. The number of hydrogen-bond acceptors (Lipinski definition) is 3. The van der Waals surface area contributed by atoms with Gasteiger partial charge in [-0.05, 0) is 37.1 Å². The van der Waals surface area contributed by atoms with Gasteiger partial charge < -0.3 is 10.6 Å². The number of halogens is 1. The maximum Gasteiger partial charge on any atom is 0.238 e. The van der Waals surface area contributed by atoms with E-state index in [1.54, 1.807) is 0 Å². The van der Waals surface area contributed by atoms with Crippen LogP contribution in [0.15, 0.2) is 28.7 Å². The molecule has 1 fully saturated rings. The lowest BCUT2D eigenvalue weighted by Crippen LogP contribution is -2.57. The third-order valence-corrected chi connectivity index (χ3v) is 4.58. The van der Waals surface area contributed by atoms with Crippen molar-refractivity contribution in [2.45, 2.75) is 38.8 Å². The number of anilines is 1. The lowest BCUT2D eigenvalue weighted by molar-refractivity contribution is -0.118. The molecular formula is C16H24BrN3O. The molecule has 5 heteroatoms. The Morgan fingerprint density at radius 2 is 2.05 bits per heavy atom. The SMILES string of the molecule is CCC1CN(CC(=O)Nc2ccc(Br)cc2)C(CC)CN1. The van der Waals surface area contributed by atoms with Crippen molar-refractivity contribution in [3.8, 4) is 0 Å². The Bertz CT molecular complexity index is 463. The summed E-state index contributed by atoms with van der Waals surface area (Å²) in [5.74, 6) is 0.0625. The Hall–Kier alpha value is -0.910. The second-order valence-electron chi connectivity index (χ2n) is 5.56. The number of rotatable bonds is 5. The quantitative estimate of drug-likeness (QED) is 0.855. The summed E-state index contributed by atoms with van der Waals surface area (Å²) in [7, 11) is 0. The van der Waals surface area contributed by atoms with Crippen molar-refractivity contribution < 1.29 is 4.79 Å². The van der Waals surface area contributed by atoms with Crippen molar-refractivity contribution in [3.63, 3.8) is 0 Å². The lowest BCUT2D eigenvalue weighted by atomic mass is 10.1. The van der Waals surface area contributed by atoms with E-state index in [0.29, 0.717) is 18.6 Å². The first-order valence-corrected chi connectivity index (χ1v) is 8.44. The molecule has 0 saturated carbocycles. The Labute approximate surface area is 135 Å². The van der Waals surface area contributed by atoms with Crippen LogP contribution in [0.2, 0.25) is 0 Å². The molecule has 1 aromatic rings. The zero-order chi connectivity index (χ0) is 15.2. The van der Waals surface area contributed by atoms with Gasteiger partial charge in [0.2, 0.25) is 5.91 Å². The molecule has 1 aromatic carbocycles. The molecule has 0 spiro atoms. The van der Waals surface area contributed by atoms with Crippen LogP contribution >= 0.6 is 15.9 Å². The zero-order valence-electron chi connectivity index (χ0n) is 12.7. The molecule has 1 aliphatic rings. The fourth-order valence-electron chi connectivity index (χ4n) is 2.72. The minimum absolute atomic E-state index is 0.0625. The second-order valence-corrected chi connectivity index (χ2v) is 6.48. The smallest absolute Gasteiger partial charge is 0.238 e. The second kappa shape index (κ2) is 7.92. The van der Waals surface area contributed by atoms with Crippen LogP contribution in [-0.4, -0.2) is 42.5 Å². The number of hydrogen-bond donors (Lipinski definition) is 2. The van der Waals surface area contributed by atoms with Gasteiger partial charge in [-0.2, -0.15) is 0 Å². The highest BCUT2D eigenvalue weighted by Crippen LogP contribution is 2.15. The van der Waals surface area contributed by atoms with E-state index in [-0.39, 0.29) is 5.91 Å². The first-order valence-electron chi connectivity index (χ1n) is 7.65. The van der Waals surface area contributed by atoms with Crippen molar-refractivity contribution in [2.24, 2.45) is 0 Å². The molecular weight excluding hydrogens is 330 g/mol. The average molecular weight is 354 g/mol. The summed E-state index contributed by atoms with van der Waals surface area (Å²) in [6, 6.07) is 8.62. The van der Waals surface area contributed by atoms with Gasteiger partial charge in [-0.1, -0.05) is 29.8 Å². The van der Waals surface area contributed by atoms with E-state index in [1.165, 1.54) is 0 Å². The van der Waals surface area contributed by atoms with Gasteiger partial charge in [0, 0.05) is 35.3 Å². The molecule has 2 atom stereocenters. The van der Waals surface area contributed by atoms with Crippen LogP contribution in [0.5, 0.6) is 0 Å². The van der Waals surface area contributed by atoms with E-state index < -0.39 is 0 Å². The number of nitrogens with zero attached hydrogens (tertiary/aromatic N) is 1. The largest absolute Gasteiger partial charge is 0.325 e. The molecule has 1 aliphatic heterocycles. The van der Waals surface area contributed by atoms with Gasteiger partial charge in [0.1, 0.15) is 0 Å². The molecule has 116 valence electrons. The van der Waals surface area contributed by atoms with Gasteiger partial charge in [-0.3, -0.25) is 9.69 Å². The Balaban J connectivity index is 1.91. The number of piperazine rings is 1. The molecule has 2 unspecified atom stereocenters. The van der Waals surface area contributed by atoms with E-state index in [9.17, 15) is 4.79 Å². The fraction of sp³-hybridized carbons (Fsp3) is 0.562. The highest BCUT2D eigenvalue weighted by atomic mass is 79.9. The van der Waals surface area contributed by atoms with Gasteiger partial charge in [0.15, 0.2) is 0 Å². The first kappa shape index (κ1) is 16.5. The molecule has 21 heavy (non-hydrogen) atoms. The normalized spacial score (nSPS) is 23.0. The predicted octanol–water partition coefficient (Wildman–Crippen LogP) is 2.85. The topological polar surface area (TPSA) is 44.4 Å². The Morgan fingerprint density at radius 3 is 2.67 bits per heavy atom. The number of amides is 1. The van der Waals surface area contributed by atoms with Crippen LogP contribution in [0.1, 0.15) is 26.7 Å². The van der Waals surface area contributed by atoms with E-state index in [1.807, 2.05) is 24.3 Å². The third kappa shape index (κ3) is 4.80. The highest BCUT2D eigenvalue weighted by molar-refractivity contribution is 9.10. The number of carbonyl (C=O) groups excluding carboxylic acids is 1. The number of nitrogens with one attached hydrogen (secondary N) is 2. The van der Waals surface area contributed by atoms with Crippen molar-refractivity contribution in [3.05, 3.63) is 28.7 Å². The van der Waals surface area contributed by atoms with Crippen molar-refractivity contribution >= 4 is 27.5 Å². The molecule has 1 saturated heterocycles. The molecule has 2 N–H and O–H groups in total. The van der Waals surface area contributed by atoms with Crippen LogP contribution in [0, 0.1) is 0 Å². The average Bonchev–Trinajstić information content (AvgIpc) is 2.49. The van der Waals surface area contributed by atoms with Crippen LogP contribution in [0.3, 0.4) is 0 Å². The van der Waals surface area contributed by atoms with Gasteiger partial charge >= 0.3 is 0 Å². The Morgan fingerprint density at radius 1 is 1.33 bits per heavy atom. The Kier molecular flexibility index (Phi) is 6.21. The summed E-state index contributed by atoms with van der Waals surface area (Å²) in [5, 5.41) is 6.52. The minimum Gasteiger partial charge on any atom is -0.325 e. The summed E-state index contributed by atoms with van der Waals surface area (Å²) in [6.45, 7) is 6.75. The molecule has 0 bridgehead atoms. The van der Waals surface area contributed by atoms with E-state index in [4.69, 9.17) is 0 Å². The summed E-state index contributed by atoms with van der Waals surface area (Å²) < 4.78 is 1.01. The van der Waals surface area contributed by atoms with E-state index in [2.05, 4.69) is 45.3 Å². The number of carbonyl (C=O) groups is 1.